The van der Waals surface area contributed by atoms with Gasteiger partial charge < -0.3 is 11.1 Å². The molecule has 1 fully saturated rings. The molecule has 6 nitrogen and oxygen atoms in total. The lowest BCUT2D eigenvalue weighted by Gasteiger charge is -2.14. The molecule has 0 radical (unpaired) electrons. The number of nitrogens with two attached hydrogens (primary N) is 1. The predicted molar refractivity (Wildman–Crippen MR) is 76.4 cm³/mol. The number of anilines is 1. The van der Waals surface area contributed by atoms with E-state index >= 15 is 0 Å². The van der Waals surface area contributed by atoms with Gasteiger partial charge in [-0.1, -0.05) is 13.3 Å². The maximum Gasteiger partial charge on any atom is 0.292 e. The molecule has 1 aromatic rings. The van der Waals surface area contributed by atoms with Crippen LogP contribution in [0.25, 0.3) is 0 Å². The average molecular weight is 277 g/mol. The van der Waals surface area contributed by atoms with Gasteiger partial charge >= 0.3 is 0 Å². The van der Waals surface area contributed by atoms with Gasteiger partial charge in [0.25, 0.3) is 11.6 Å². The number of nitrogens with one attached hydrogen (secondary N) is 1. The van der Waals surface area contributed by atoms with Gasteiger partial charge in [-0.05, 0) is 36.8 Å². The number of rotatable bonds is 6. The average Bonchev–Trinajstić information content (AvgIpc) is 3.17. The molecule has 0 bridgehead atoms. The molecule has 20 heavy (non-hydrogen) atoms. The molecule has 1 amide bonds. The molecule has 1 aromatic carbocycles. The van der Waals surface area contributed by atoms with Crippen molar-refractivity contribution in [1.82, 2.24) is 5.32 Å². The summed E-state index contributed by atoms with van der Waals surface area (Å²) in [4.78, 5) is 22.3. The van der Waals surface area contributed by atoms with Crippen molar-refractivity contribution >= 4 is 17.3 Å². The van der Waals surface area contributed by atoms with Crippen molar-refractivity contribution in [3.63, 3.8) is 0 Å². The molecule has 1 aliphatic rings. The fraction of sp³-hybridized carbons (Fsp3) is 0.500. The van der Waals surface area contributed by atoms with E-state index in [0.29, 0.717) is 6.54 Å². The van der Waals surface area contributed by atoms with Crippen LogP contribution in [-0.4, -0.2) is 17.4 Å². The Balaban J connectivity index is 2.03. The summed E-state index contributed by atoms with van der Waals surface area (Å²) in [5, 5.41) is 13.7. The molecule has 0 aromatic heterocycles. The van der Waals surface area contributed by atoms with Crippen molar-refractivity contribution in [3.05, 3.63) is 33.9 Å². The second kappa shape index (κ2) is 5.48. The molecule has 2 rings (SSSR count). The highest BCUT2D eigenvalue weighted by atomic mass is 16.6. The molecule has 1 aliphatic carbocycles. The fourth-order valence-corrected chi connectivity index (χ4v) is 2.44. The Morgan fingerprint density at radius 2 is 2.20 bits per heavy atom. The monoisotopic (exact) mass is 277 g/mol. The van der Waals surface area contributed by atoms with Crippen LogP contribution in [0.4, 0.5) is 11.4 Å². The van der Waals surface area contributed by atoms with Crippen LogP contribution in [0, 0.1) is 15.5 Å². The van der Waals surface area contributed by atoms with Crippen LogP contribution in [0.3, 0.4) is 0 Å². The summed E-state index contributed by atoms with van der Waals surface area (Å²) in [5.41, 5.74) is 5.88. The van der Waals surface area contributed by atoms with Crippen molar-refractivity contribution in [2.75, 3.05) is 12.3 Å². The maximum atomic E-state index is 12.0. The third-order valence-corrected chi connectivity index (χ3v) is 3.85. The van der Waals surface area contributed by atoms with Crippen molar-refractivity contribution in [3.8, 4) is 0 Å². The zero-order valence-corrected chi connectivity index (χ0v) is 11.5. The third-order valence-electron chi connectivity index (χ3n) is 3.85. The summed E-state index contributed by atoms with van der Waals surface area (Å²) in [6.45, 7) is 2.77. The molecule has 0 saturated heterocycles. The van der Waals surface area contributed by atoms with Crippen LogP contribution < -0.4 is 11.1 Å². The van der Waals surface area contributed by atoms with Crippen molar-refractivity contribution < 1.29 is 9.72 Å². The van der Waals surface area contributed by atoms with Crippen molar-refractivity contribution in [2.24, 2.45) is 5.41 Å². The number of benzene rings is 1. The van der Waals surface area contributed by atoms with Crippen molar-refractivity contribution in [1.29, 1.82) is 0 Å². The van der Waals surface area contributed by atoms with E-state index in [4.69, 9.17) is 5.73 Å². The third kappa shape index (κ3) is 3.07. The van der Waals surface area contributed by atoms with Gasteiger partial charge in [-0.3, -0.25) is 14.9 Å². The molecule has 0 atom stereocenters. The van der Waals surface area contributed by atoms with Crippen LogP contribution >= 0.6 is 0 Å². The van der Waals surface area contributed by atoms with E-state index in [1.165, 1.54) is 18.2 Å². The van der Waals surface area contributed by atoms with Crippen LogP contribution in [0.1, 0.15) is 43.0 Å². The molecule has 108 valence electrons. The number of nitro groups is 1. The summed E-state index contributed by atoms with van der Waals surface area (Å²) >= 11 is 0. The molecule has 0 unspecified atom stereocenters. The van der Waals surface area contributed by atoms with E-state index in [-0.39, 0.29) is 28.3 Å². The second-order valence-corrected chi connectivity index (χ2v) is 5.46. The normalized spacial score (nSPS) is 15.7. The number of nitro benzene ring substituents is 1. The van der Waals surface area contributed by atoms with E-state index in [9.17, 15) is 14.9 Å². The maximum absolute atomic E-state index is 12.0. The second-order valence-electron chi connectivity index (χ2n) is 5.46. The Bertz CT molecular complexity index is 538. The first-order valence-electron chi connectivity index (χ1n) is 6.79. The van der Waals surface area contributed by atoms with Crippen molar-refractivity contribution in [2.45, 2.75) is 32.6 Å². The molecular weight excluding hydrogens is 258 g/mol. The zero-order chi connectivity index (χ0) is 14.8. The van der Waals surface area contributed by atoms with Gasteiger partial charge in [0.05, 0.1) is 4.92 Å². The number of hydrogen-bond acceptors (Lipinski definition) is 4. The van der Waals surface area contributed by atoms with E-state index in [1.807, 2.05) is 0 Å². The van der Waals surface area contributed by atoms with E-state index in [1.54, 1.807) is 0 Å². The smallest absolute Gasteiger partial charge is 0.292 e. The van der Waals surface area contributed by atoms with Gasteiger partial charge in [-0.25, -0.2) is 0 Å². The molecule has 0 spiro atoms. The first kappa shape index (κ1) is 14.3. The number of nitrogens with zero attached hydrogens (tertiary/aromatic N) is 1. The fourth-order valence-electron chi connectivity index (χ4n) is 2.44. The molecule has 6 heteroatoms. The van der Waals surface area contributed by atoms with Crippen LogP contribution in [0.5, 0.6) is 0 Å². The Labute approximate surface area is 117 Å². The topological polar surface area (TPSA) is 98.3 Å². The van der Waals surface area contributed by atoms with Crippen LogP contribution in [0.2, 0.25) is 0 Å². The standard InChI is InChI=1S/C14H19N3O3/c1-2-5-14(6-7-14)9-16-13(18)10-3-4-11(15)12(8-10)17(19)20/h3-4,8H,2,5-7,9,15H2,1H3,(H,16,18). The number of nitrogen functional groups attached to an aromatic ring is 1. The summed E-state index contributed by atoms with van der Waals surface area (Å²) < 4.78 is 0. The number of carbonyl (C=O) groups is 1. The highest BCUT2D eigenvalue weighted by Gasteiger charge is 2.41. The Kier molecular flexibility index (Phi) is 3.92. The predicted octanol–water partition coefficient (Wildman–Crippen LogP) is 2.49. The zero-order valence-electron chi connectivity index (χ0n) is 11.5. The lowest BCUT2D eigenvalue weighted by atomic mass is 10.0. The first-order valence-corrected chi connectivity index (χ1v) is 6.79. The van der Waals surface area contributed by atoms with Gasteiger partial charge in [0.2, 0.25) is 0 Å². The van der Waals surface area contributed by atoms with Gasteiger partial charge in [0.15, 0.2) is 0 Å². The largest absolute Gasteiger partial charge is 0.393 e. The highest BCUT2D eigenvalue weighted by molar-refractivity contribution is 5.95. The summed E-state index contributed by atoms with van der Waals surface area (Å²) in [7, 11) is 0. The summed E-state index contributed by atoms with van der Waals surface area (Å²) in [6, 6.07) is 4.13. The van der Waals surface area contributed by atoms with Gasteiger partial charge in [-0.2, -0.15) is 0 Å². The SMILES string of the molecule is CCCC1(CNC(=O)c2ccc(N)c([N+](=O)[O-])c2)CC1. The van der Waals surface area contributed by atoms with E-state index in [0.717, 1.165) is 25.7 Å². The minimum atomic E-state index is -0.578. The number of carbonyl (C=O) groups excluding carboxylic acids is 1. The number of hydrogen-bond donors (Lipinski definition) is 2. The Hall–Kier alpha value is -2.11. The molecular formula is C14H19N3O3. The summed E-state index contributed by atoms with van der Waals surface area (Å²) in [5.74, 6) is -0.282. The first-order chi connectivity index (χ1) is 9.47. The molecule has 0 aliphatic heterocycles. The lowest BCUT2D eigenvalue weighted by Crippen LogP contribution is -2.30. The lowest BCUT2D eigenvalue weighted by molar-refractivity contribution is -0.383. The molecule has 1 saturated carbocycles. The van der Waals surface area contributed by atoms with Crippen LogP contribution in [0.15, 0.2) is 18.2 Å². The molecule has 0 heterocycles. The van der Waals surface area contributed by atoms with E-state index in [2.05, 4.69) is 12.2 Å². The minimum absolute atomic E-state index is 0.0659. The van der Waals surface area contributed by atoms with Gasteiger partial charge in [0.1, 0.15) is 5.69 Å². The quantitative estimate of drug-likeness (QED) is 0.474. The number of amides is 1. The molecule has 3 N–H and O–H groups in total. The minimum Gasteiger partial charge on any atom is -0.393 e. The summed E-state index contributed by atoms with van der Waals surface area (Å²) in [6.07, 6.45) is 4.49. The Morgan fingerprint density at radius 1 is 1.50 bits per heavy atom. The van der Waals surface area contributed by atoms with E-state index < -0.39 is 4.92 Å². The highest BCUT2D eigenvalue weighted by Crippen LogP contribution is 2.48. The van der Waals surface area contributed by atoms with Gasteiger partial charge in [0, 0.05) is 18.2 Å². The van der Waals surface area contributed by atoms with Gasteiger partial charge in [-0.15, -0.1) is 0 Å². The Morgan fingerprint density at radius 3 is 2.75 bits per heavy atom. The van der Waals surface area contributed by atoms with Crippen LogP contribution in [-0.2, 0) is 0 Å².